The first-order valence-corrected chi connectivity index (χ1v) is 7.40. The maximum atomic E-state index is 14.0. The molecule has 0 aliphatic heterocycles. The molecule has 3 nitrogen and oxygen atoms in total. The Labute approximate surface area is 123 Å². The predicted molar refractivity (Wildman–Crippen MR) is 79.1 cm³/mol. The first-order chi connectivity index (χ1) is 9.66. The SMILES string of the molecule is CC(C)CNCc1c(F)cccc1Sc1ccncn1. The summed E-state index contributed by atoms with van der Waals surface area (Å²) in [5.74, 6) is 0.361. The third-order valence-electron chi connectivity index (χ3n) is 2.70. The lowest BCUT2D eigenvalue weighted by Gasteiger charge is -2.12. The molecular weight excluding hydrogens is 273 g/mol. The number of nitrogens with zero attached hydrogens (tertiary/aromatic N) is 2. The molecule has 20 heavy (non-hydrogen) atoms. The van der Waals surface area contributed by atoms with Crippen molar-refractivity contribution < 1.29 is 4.39 Å². The van der Waals surface area contributed by atoms with E-state index in [1.807, 2.05) is 12.1 Å². The number of aromatic nitrogens is 2. The molecule has 0 aliphatic rings. The Morgan fingerprint density at radius 3 is 2.85 bits per heavy atom. The molecule has 1 N–H and O–H groups in total. The number of hydrogen-bond donors (Lipinski definition) is 1. The summed E-state index contributed by atoms with van der Waals surface area (Å²) >= 11 is 1.46. The zero-order chi connectivity index (χ0) is 14.4. The topological polar surface area (TPSA) is 37.8 Å². The average molecular weight is 291 g/mol. The van der Waals surface area contributed by atoms with Gasteiger partial charge in [0.1, 0.15) is 17.2 Å². The van der Waals surface area contributed by atoms with Gasteiger partial charge >= 0.3 is 0 Å². The highest BCUT2D eigenvalue weighted by molar-refractivity contribution is 7.99. The summed E-state index contributed by atoms with van der Waals surface area (Å²) in [4.78, 5) is 8.94. The maximum Gasteiger partial charge on any atom is 0.128 e. The molecule has 1 aromatic carbocycles. The van der Waals surface area contributed by atoms with Crippen molar-refractivity contribution in [2.45, 2.75) is 30.3 Å². The molecule has 0 aliphatic carbocycles. The molecule has 5 heteroatoms. The van der Waals surface area contributed by atoms with Crippen molar-refractivity contribution in [3.8, 4) is 0 Å². The van der Waals surface area contributed by atoms with Crippen LogP contribution in [0.2, 0.25) is 0 Å². The minimum absolute atomic E-state index is 0.180. The largest absolute Gasteiger partial charge is 0.312 e. The van der Waals surface area contributed by atoms with Crippen LogP contribution < -0.4 is 5.32 Å². The number of hydrogen-bond acceptors (Lipinski definition) is 4. The van der Waals surface area contributed by atoms with Crippen molar-refractivity contribution in [1.29, 1.82) is 0 Å². The molecule has 0 bridgehead atoms. The molecule has 2 rings (SSSR count). The van der Waals surface area contributed by atoms with Gasteiger partial charge in [-0.1, -0.05) is 31.7 Å². The fraction of sp³-hybridized carbons (Fsp3) is 0.333. The van der Waals surface area contributed by atoms with Crippen molar-refractivity contribution in [2.24, 2.45) is 5.92 Å². The lowest BCUT2D eigenvalue weighted by molar-refractivity contribution is 0.530. The molecule has 0 fully saturated rings. The van der Waals surface area contributed by atoms with Crippen LogP contribution in [0.5, 0.6) is 0 Å². The quantitative estimate of drug-likeness (QED) is 0.827. The highest BCUT2D eigenvalue weighted by atomic mass is 32.2. The van der Waals surface area contributed by atoms with Gasteiger partial charge in [0.15, 0.2) is 0 Å². The highest BCUT2D eigenvalue weighted by Gasteiger charge is 2.10. The van der Waals surface area contributed by atoms with Crippen LogP contribution >= 0.6 is 11.8 Å². The molecule has 0 amide bonds. The zero-order valence-electron chi connectivity index (χ0n) is 11.6. The van der Waals surface area contributed by atoms with Gasteiger partial charge < -0.3 is 5.32 Å². The summed E-state index contributed by atoms with van der Waals surface area (Å²) in [5, 5.41) is 4.10. The first-order valence-electron chi connectivity index (χ1n) is 6.59. The van der Waals surface area contributed by atoms with Crippen LogP contribution in [0.1, 0.15) is 19.4 Å². The fourth-order valence-electron chi connectivity index (χ4n) is 1.74. The molecule has 0 radical (unpaired) electrons. The van der Waals surface area contributed by atoms with Crippen LogP contribution in [-0.4, -0.2) is 16.5 Å². The van der Waals surface area contributed by atoms with E-state index in [0.29, 0.717) is 18.0 Å². The van der Waals surface area contributed by atoms with E-state index in [2.05, 4.69) is 29.1 Å². The van der Waals surface area contributed by atoms with Gasteiger partial charge in [-0.3, -0.25) is 0 Å². The van der Waals surface area contributed by atoms with E-state index in [-0.39, 0.29) is 5.82 Å². The van der Waals surface area contributed by atoms with E-state index in [0.717, 1.165) is 16.5 Å². The summed E-state index contributed by atoms with van der Waals surface area (Å²) in [5.41, 5.74) is 0.691. The zero-order valence-corrected chi connectivity index (χ0v) is 12.5. The van der Waals surface area contributed by atoms with Crippen LogP contribution in [0, 0.1) is 11.7 Å². The third kappa shape index (κ3) is 4.28. The van der Waals surface area contributed by atoms with Gasteiger partial charge in [0, 0.05) is 23.2 Å². The summed E-state index contributed by atoms with van der Waals surface area (Å²) in [7, 11) is 0. The predicted octanol–water partition coefficient (Wildman–Crippen LogP) is 3.51. The lowest BCUT2D eigenvalue weighted by Crippen LogP contribution is -2.20. The van der Waals surface area contributed by atoms with Gasteiger partial charge in [-0.15, -0.1) is 0 Å². The van der Waals surface area contributed by atoms with Crippen LogP contribution in [-0.2, 0) is 6.54 Å². The molecule has 0 unspecified atom stereocenters. The molecule has 1 heterocycles. The molecule has 0 saturated carbocycles. The van der Waals surface area contributed by atoms with Gasteiger partial charge in [0.2, 0.25) is 0 Å². The maximum absolute atomic E-state index is 14.0. The number of nitrogens with one attached hydrogen (secondary N) is 1. The summed E-state index contributed by atoms with van der Waals surface area (Å²) in [6.07, 6.45) is 3.18. The van der Waals surface area contributed by atoms with E-state index in [1.165, 1.54) is 24.2 Å². The molecule has 0 spiro atoms. The minimum Gasteiger partial charge on any atom is -0.312 e. The number of rotatable bonds is 6. The second-order valence-corrected chi connectivity index (χ2v) is 5.95. The van der Waals surface area contributed by atoms with E-state index in [1.54, 1.807) is 12.3 Å². The van der Waals surface area contributed by atoms with Crippen LogP contribution in [0.15, 0.2) is 46.7 Å². The smallest absolute Gasteiger partial charge is 0.128 e. The summed E-state index contributed by atoms with van der Waals surface area (Å²) in [6, 6.07) is 6.96. The van der Waals surface area contributed by atoms with Crippen LogP contribution in [0.25, 0.3) is 0 Å². The van der Waals surface area contributed by atoms with Gasteiger partial charge in [0.25, 0.3) is 0 Å². The third-order valence-corrected chi connectivity index (χ3v) is 3.75. The van der Waals surface area contributed by atoms with E-state index < -0.39 is 0 Å². The Balaban J connectivity index is 2.13. The average Bonchev–Trinajstić information content (AvgIpc) is 2.43. The van der Waals surface area contributed by atoms with Crippen molar-refractivity contribution >= 4 is 11.8 Å². The Hall–Kier alpha value is -1.46. The minimum atomic E-state index is -0.180. The van der Waals surface area contributed by atoms with Crippen molar-refractivity contribution in [3.05, 3.63) is 48.2 Å². The lowest BCUT2D eigenvalue weighted by atomic mass is 10.2. The van der Waals surface area contributed by atoms with Crippen LogP contribution in [0.4, 0.5) is 4.39 Å². The second-order valence-electron chi connectivity index (χ2n) is 4.89. The van der Waals surface area contributed by atoms with Crippen molar-refractivity contribution in [2.75, 3.05) is 6.54 Å². The molecular formula is C15H18FN3S. The number of halogens is 1. The Kier molecular flexibility index (Phi) is 5.49. The Morgan fingerprint density at radius 1 is 1.30 bits per heavy atom. The standard InChI is InChI=1S/C15H18FN3S/c1-11(2)8-18-9-12-13(16)4-3-5-14(12)20-15-6-7-17-10-19-15/h3-7,10-11,18H,8-9H2,1-2H3. The Morgan fingerprint density at radius 2 is 2.15 bits per heavy atom. The van der Waals surface area contributed by atoms with Gasteiger partial charge in [-0.05, 0) is 30.7 Å². The fourth-order valence-corrected chi connectivity index (χ4v) is 2.64. The summed E-state index contributed by atoms with van der Waals surface area (Å²) < 4.78 is 14.0. The molecule has 2 aromatic rings. The first kappa shape index (κ1) is 14.9. The number of benzene rings is 1. The monoisotopic (exact) mass is 291 g/mol. The molecule has 0 atom stereocenters. The normalized spacial score (nSPS) is 11.0. The Bertz CT molecular complexity index is 546. The molecule has 106 valence electrons. The van der Waals surface area contributed by atoms with E-state index in [9.17, 15) is 4.39 Å². The van der Waals surface area contributed by atoms with Gasteiger partial charge in [-0.25, -0.2) is 14.4 Å². The van der Waals surface area contributed by atoms with Gasteiger partial charge in [0.05, 0.1) is 0 Å². The van der Waals surface area contributed by atoms with Crippen molar-refractivity contribution in [1.82, 2.24) is 15.3 Å². The molecule has 1 aromatic heterocycles. The summed E-state index contributed by atoms with van der Waals surface area (Å²) in [6.45, 7) is 5.65. The van der Waals surface area contributed by atoms with E-state index in [4.69, 9.17) is 0 Å². The second kappa shape index (κ2) is 7.36. The van der Waals surface area contributed by atoms with Crippen LogP contribution in [0.3, 0.4) is 0 Å². The molecule has 0 saturated heterocycles. The highest BCUT2D eigenvalue weighted by Crippen LogP contribution is 2.30. The van der Waals surface area contributed by atoms with Crippen molar-refractivity contribution in [3.63, 3.8) is 0 Å². The van der Waals surface area contributed by atoms with E-state index >= 15 is 0 Å². The van der Waals surface area contributed by atoms with Gasteiger partial charge in [-0.2, -0.15) is 0 Å².